The number of aryl methyl sites for hydroxylation is 2. The maximum absolute atomic E-state index is 2.33. The Morgan fingerprint density at radius 1 is 0.395 bits per heavy atom. The Kier molecular flexibility index (Phi) is 11.5. The van der Waals surface area contributed by atoms with Gasteiger partial charge in [0, 0.05) is 0 Å². The topological polar surface area (TPSA) is 0 Å². The van der Waals surface area contributed by atoms with Crippen molar-refractivity contribution in [2.45, 2.75) is 104 Å². The molecule has 4 aliphatic carbocycles. The van der Waals surface area contributed by atoms with Gasteiger partial charge >= 0.3 is 0 Å². The van der Waals surface area contributed by atoms with Crippen LogP contribution in [0.3, 0.4) is 0 Å². The Morgan fingerprint density at radius 2 is 0.711 bits per heavy atom. The summed E-state index contributed by atoms with van der Waals surface area (Å²) in [6, 6.07) is 27.8. The number of hydrogen-bond acceptors (Lipinski definition) is 0. The van der Waals surface area contributed by atoms with Crippen molar-refractivity contribution in [2.24, 2.45) is 0 Å². The molecule has 4 rings (SSSR count). The van der Waals surface area contributed by atoms with Crippen LogP contribution in [0.25, 0.3) is 34.4 Å². The van der Waals surface area contributed by atoms with Crippen LogP contribution in [0.1, 0.15) is 113 Å². The van der Waals surface area contributed by atoms with Crippen LogP contribution in [0.4, 0.5) is 0 Å². The van der Waals surface area contributed by atoms with Gasteiger partial charge in [0.25, 0.3) is 0 Å². The van der Waals surface area contributed by atoms with Gasteiger partial charge < -0.3 is 0 Å². The summed E-state index contributed by atoms with van der Waals surface area (Å²) in [7, 11) is 0. The summed E-state index contributed by atoms with van der Waals surface area (Å²) < 4.78 is 0. The minimum atomic E-state index is 1.19. The summed E-state index contributed by atoms with van der Waals surface area (Å²) >= 11 is 0. The van der Waals surface area contributed by atoms with Crippen LogP contribution in [-0.4, -0.2) is 0 Å². The molecule has 0 bridgehead atoms. The molecule has 0 saturated carbocycles. The van der Waals surface area contributed by atoms with Gasteiger partial charge in [0.1, 0.15) is 0 Å². The van der Waals surface area contributed by atoms with Crippen molar-refractivity contribution in [3.63, 3.8) is 0 Å². The second-order valence-corrected chi connectivity index (χ2v) is 11.3. The van der Waals surface area contributed by atoms with Crippen molar-refractivity contribution in [3.05, 3.63) is 95.1 Å². The average molecular weight is 505 g/mol. The molecule has 0 heteroatoms. The molecule has 0 radical (unpaired) electrons. The van der Waals surface area contributed by atoms with E-state index in [4.69, 9.17) is 0 Å². The molecule has 0 aromatic heterocycles. The molecule has 0 nitrogen and oxygen atoms in total. The fourth-order valence-corrected chi connectivity index (χ4v) is 5.55. The molecular formula is C38H48. The summed E-state index contributed by atoms with van der Waals surface area (Å²) in [5.41, 5.74) is 10.8. The molecule has 0 fully saturated rings. The Balaban J connectivity index is 1.31. The zero-order chi connectivity index (χ0) is 26.4. The summed E-state index contributed by atoms with van der Waals surface area (Å²) in [5, 5.41) is 0. The van der Waals surface area contributed by atoms with Crippen molar-refractivity contribution in [2.75, 3.05) is 0 Å². The van der Waals surface area contributed by atoms with E-state index >= 15 is 0 Å². The van der Waals surface area contributed by atoms with Crippen molar-refractivity contribution < 1.29 is 0 Å². The largest absolute Gasteiger partial charge is 0.0654 e. The summed E-state index contributed by atoms with van der Waals surface area (Å²) in [6.07, 6.45) is 23.2. The first-order valence-electron chi connectivity index (χ1n) is 15.5. The molecule has 0 amide bonds. The van der Waals surface area contributed by atoms with E-state index in [-0.39, 0.29) is 0 Å². The molecule has 0 spiro atoms. The van der Waals surface area contributed by atoms with Crippen LogP contribution in [0.5, 0.6) is 0 Å². The fraction of sp³-hybridized carbons (Fsp3) is 0.421. The number of unbranched alkanes of at least 4 members (excludes halogenated alkanes) is 10. The summed E-state index contributed by atoms with van der Waals surface area (Å²) in [5.74, 6) is 0. The quantitative estimate of drug-likeness (QED) is 0.133. The minimum Gasteiger partial charge on any atom is -0.0654 e. The predicted octanol–water partition coefficient (Wildman–Crippen LogP) is 11.9. The zero-order valence-electron chi connectivity index (χ0n) is 24.0. The molecule has 200 valence electrons. The van der Waals surface area contributed by atoms with Gasteiger partial charge in [-0.05, 0) is 94.5 Å². The molecule has 0 saturated heterocycles. The highest BCUT2D eigenvalue weighted by Crippen LogP contribution is 2.30. The molecule has 0 aliphatic heterocycles. The van der Waals surface area contributed by atoms with Crippen LogP contribution in [0, 0.1) is 0 Å². The highest BCUT2D eigenvalue weighted by Gasteiger charge is 2.06. The second kappa shape index (κ2) is 15.5. The molecular weight excluding hydrogens is 456 g/mol. The Labute approximate surface area is 232 Å². The van der Waals surface area contributed by atoms with Gasteiger partial charge in [-0.15, -0.1) is 0 Å². The standard InChI is InChI=1S/C38H48/c1-3-5-7-9-11-13-15-31-19-23-35-27-33(28-36(35)24-20-31)17-18-34-29-37-25-21-32(22-26-38(37)30-34)16-14-12-10-8-6-4-2/h17-30H,3-16H2,1-2H3/b18-17+. The van der Waals surface area contributed by atoms with Crippen LogP contribution >= 0.6 is 0 Å². The first-order chi connectivity index (χ1) is 18.7. The normalized spacial score (nSPS) is 11.7. The molecule has 4 aliphatic rings. The lowest BCUT2D eigenvalue weighted by molar-refractivity contribution is 0.607. The van der Waals surface area contributed by atoms with Crippen LogP contribution in [-0.2, 0) is 12.8 Å². The van der Waals surface area contributed by atoms with E-state index in [1.54, 1.807) is 0 Å². The molecule has 38 heavy (non-hydrogen) atoms. The average Bonchev–Trinajstić information content (AvgIpc) is 3.40. The lowest BCUT2D eigenvalue weighted by Crippen LogP contribution is -1.84. The zero-order valence-corrected chi connectivity index (χ0v) is 24.0. The van der Waals surface area contributed by atoms with Gasteiger partial charge in [-0.1, -0.05) is 139 Å². The summed E-state index contributed by atoms with van der Waals surface area (Å²) in [4.78, 5) is 0. The van der Waals surface area contributed by atoms with E-state index in [2.05, 4.69) is 98.8 Å². The van der Waals surface area contributed by atoms with Crippen molar-refractivity contribution in [1.82, 2.24) is 0 Å². The number of hydrogen-bond donors (Lipinski definition) is 0. The van der Waals surface area contributed by atoms with Gasteiger partial charge in [0.2, 0.25) is 0 Å². The van der Waals surface area contributed by atoms with Gasteiger partial charge in [-0.3, -0.25) is 0 Å². The van der Waals surface area contributed by atoms with E-state index in [9.17, 15) is 0 Å². The lowest BCUT2D eigenvalue weighted by atomic mass is 10.1. The molecule has 0 N–H and O–H groups in total. The van der Waals surface area contributed by atoms with Crippen molar-refractivity contribution in [3.8, 4) is 22.3 Å². The van der Waals surface area contributed by atoms with Gasteiger partial charge in [0.15, 0.2) is 0 Å². The molecule has 0 aromatic carbocycles. The second-order valence-electron chi connectivity index (χ2n) is 11.3. The number of fused-ring (bicyclic) bond motifs is 2. The monoisotopic (exact) mass is 504 g/mol. The molecule has 0 heterocycles. The summed E-state index contributed by atoms with van der Waals surface area (Å²) in [6.45, 7) is 4.57. The Hall–Kier alpha value is -2.86. The SMILES string of the molecule is CCCCCCCCc1ccc2cc(/C=C/c3cc4ccc(CCCCCCCC)ccc-4c3)cc-2cc1. The third-order valence-corrected chi connectivity index (χ3v) is 7.97. The van der Waals surface area contributed by atoms with Crippen LogP contribution < -0.4 is 0 Å². The molecule has 0 aromatic rings. The van der Waals surface area contributed by atoms with E-state index in [1.165, 1.54) is 134 Å². The lowest BCUT2D eigenvalue weighted by Gasteiger charge is -2.00. The molecule has 0 unspecified atom stereocenters. The van der Waals surface area contributed by atoms with Crippen molar-refractivity contribution >= 4 is 12.2 Å². The van der Waals surface area contributed by atoms with Crippen molar-refractivity contribution in [1.29, 1.82) is 0 Å². The predicted molar refractivity (Wildman–Crippen MR) is 169 cm³/mol. The van der Waals surface area contributed by atoms with Crippen LogP contribution in [0.15, 0.2) is 72.8 Å². The fourth-order valence-electron chi connectivity index (χ4n) is 5.55. The smallest absolute Gasteiger partial charge is 0.0178 e. The molecule has 0 atom stereocenters. The first-order valence-corrected chi connectivity index (χ1v) is 15.5. The Morgan fingerprint density at radius 3 is 1.05 bits per heavy atom. The first kappa shape index (κ1) is 28.2. The minimum absolute atomic E-state index is 1.19. The van der Waals surface area contributed by atoms with E-state index in [0.29, 0.717) is 0 Å². The van der Waals surface area contributed by atoms with Crippen LogP contribution in [0.2, 0.25) is 0 Å². The highest BCUT2D eigenvalue weighted by molar-refractivity contribution is 5.82. The maximum Gasteiger partial charge on any atom is -0.0178 e. The Bertz CT molecular complexity index is 1030. The maximum atomic E-state index is 2.33. The van der Waals surface area contributed by atoms with Gasteiger partial charge in [-0.2, -0.15) is 0 Å². The highest BCUT2D eigenvalue weighted by atomic mass is 14.1. The van der Waals surface area contributed by atoms with E-state index < -0.39 is 0 Å². The van der Waals surface area contributed by atoms with Gasteiger partial charge in [-0.25, -0.2) is 0 Å². The van der Waals surface area contributed by atoms with Gasteiger partial charge in [0.05, 0.1) is 0 Å². The van der Waals surface area contributed by atoms with E-state index in [1.807, 2.05) is 0 Å². The van der Waals surface area contributed by atoms with E-state index in [0.717, 1.165) is 0 Å². The third kappa shape index (κ3) is 8.87. The number of rotatable bonds is 16. The third-order valence-electron chi connectivity index (χ3n) is 7.97.